The van der Waals surface area contributed by atoms with Gasteiger partial charge in [0.1, 0.15) is 0 Å². The second-order valence-corrected chi connectivity index (χ2v) is 5.80. The lowest BCUT2D eigenvalue weighted by molar-refractivity contribution is 0.182. The molecule has 0 amide bonds. The van der Waals surface area contributed by atoms with Crippen molar-refractivity contribution in [3.8, 4) is 0 Å². The van der Waals surface area contributed by atoms with Gasteiger partial charge in [-0.3, -0.25) is 0 Å². The van der Waals surface area contributed by atoms with Gasteiger partial charge in [0.2, 0.25) is 0 Å². The molecule has 0 aliphatic rings. The summed E-state index contributed by atoms with van der Waals surface area (Å²) in [4.78, 5) is 0. The van der Waals surface area contributed by atoms with E-state index < -0.39 is 0 Å². The van der Waals surface area contributed by atoms with Crippen molar-refractivity contribution in [1.82, 2.24) is 5.32 Å². The molecular weight excluding hydrogens is 254 g/mol. The van der Waals surface area contributed by atoms with E-state index in [0.717, 1.165) is 26.0 Å². The van der Waals surface area contributed by atoms with Gasteiger partial charge in [0.25, 0.3) is 0 Å². The Morgan fingerprint density at radius 2 is 2.16 bits per heavy atom. The third-order valence-corrected chi connectivity index (χ3v) is 4.39. The Kier molecular flexibility index (Phi) is 5.83. The Balaban J connectivity index is 2.06. The van der Waals surface area contributed by atoms with Crippen LogP contribution in [0.2, 0.25) is 0 Å². The second-order valence-electron chi connectivity index (χ2n) is 4.89. The highest BCUT2D eigenvalue weighted by atomic mass is 32.1. The fourth-order valence-corrected chi connectivity index (χ4v) is 3.32. The zero-order chi connectivity index (χ0) is 13.5. The molecule has 19 heavy (non-hydrogen) atoms. The Labute approximate surface area is 119 Å². The highest BCUT2D eigenvalue weighted by Gasteiger charge is 2.11. The van der Waals surface area contributed by atoms with E-state index >= 15 is 0 Å². The number of hydrogen-bond donors (Lipinski definition) is 1. The lowest BCUT2D eigenvalue weighted by Crippen LogP contribution is -2.32. The fourth-order valence-electron chi connectivity index (χ4n) is 2.34. The summed E-state index contributed by atoms with van der Waals surface area (Å²) in [7, 11) is 1.77. The third kappa shape index (κ3) is 4.03. The number of thiophene rings is 1. The molecule has 0 bridgehead atoms. The molecule has 0 saturated heterocycles. The van der Waals surface area contributed by atoms with Crippen molar-refractivity contribution in [2.24, 2.45) is 0 Å². The van der Waals surface area contributed by atoms with Gasteiger partial charge in [-0.2, -0.15) is 0 Å². The van der Waals surface area contributed by atoms with Crippen LogP contribution < -0.4 is 5.32 Å². The molecular formula is C16H23NOS. The minimum atomic E-state index is 0.512. The van der Waals surface area contributed by atoms with E-state index in [0.29, 0.717) is 6.04 Å². The van der Waals surface area contributed by atoms with Crippen LogP contribution in [0.3, 0.4) is 0 Å². The topological polar surface area (TPSA) is 21.3 Å². The number of fused-ring (bicyclic) bond motifs is 1. The van der Waals surface area contributed by atoms with Gasteiger partial charge in [-0.1, -0.05) is 25.1 Å². The van der Waals surface area contributed by atoms with E-state index in [1.54, 1.807) is 7.11 Å². The van der Waals surface area contributed by atoms with Crippen molar-refractivity contribution in [3.05, 3.63) is 35.2 Å². The smallest absolute Gasteiger partial charge is 0.0477 e. The average molecular weight is 277 g/mol. The third-order valence-electron chi connectivity index (χ3n) is 3.38. The molecule has 1 heterocycles. The van der Waals surface area contributed by atoms with E-state index in [9.17, 15) is 0 Å². The second kappa shape index (κ2) is 7.63. The lowest BCUT2D eigenvalue weighted by Gasteiger charge is -2.18. The van der Waals surface area contributed by atoms with Crippen molar-refractivity contribution >= 4 is 21.4 Å². The van der Waals surface area contributed by atoms with Gasteiger partial charge >= 0.3 is 0 Å². The molecule has 0 aliphatic carbocycles. The molecule has 0 aliphatic heterocycles. The largest absolute Gasteiger partial charge is 0.385 e. The van der Waals surface area contributed by atoms with Crippen LogP contribution in [-0.2, 0) is 11.2 Å². The van der Waals surface area contributed by atoms with Gasteiger partial charge in [-0.25, -0.2) is 0 Å². The first-order valence-corrected chi connectivity index (χ1v) is 7.90. The van der Waals surface area contributed by atoms with E-state index in [4.69, 9.17) is 4.74 Å². The lowest BCUT2D eigenvalue weighted by atomic mass is 10.0. The molecule has 0 saturated carbocycles. The Bertz CT molecular complexity index is 486. The maximum atomic E-state index is 5.22. The van der Waals surface area contributed by atoms with Crippen LogP contribution >= 0.6 is 11.3 Å². The first kappa shape index (κ1) is 14.5. The van der Waals surface area contributed by atoms with E-state index in [-0.39, 0.29) is 0 Å². The molecule has 2 aromatic rings. The summed E-state index contributed by atoms with van der Waals surface area (Å²) in [6.45, 7) is 4.11. The van der Waals surface area contributed by atoms with Gasteiger partial charge in [-0.05, 0) is 48.2 Å². The summed E-state index contributed by atoms with van der Waals surface area (Å²) in [5.74, 6) is 0. The quantitative estimate of drug-likeness (QED) is 0.791. The summed E-state index contributed by atoms with van der Waals surface area (Å²) in [6, 6.07) is 9.18. The number of methoxy groups -OCH3 is 1. The van der Waals surface area contributed by atoms with Crippen LogP contribution in [0, 0.1) is 0 Å². The Hall–Kier alpha value is -0.900. The number of hydrogen-bond acceptors (Lipinski definition) is 3. The maximum absolute atomic E-state index is 5.22. The van der Waals surface area contributed by atoms with Gasteiger partial charge in [-0.15, -0.1) is 11.3 Å². The molecule has 0 fully saturated rings. The molecule has 1 aromatic heterocycles. The molecule has 1 atom stereocenters. The highest BCUT2D eigenvalue weighted by Crippen LogP contribution is 2.26. The monoisotopic (exact) mass is 277 g/mol. The van der Waals surface area contributed by atoms with Crippen molar-refractivity contribution in [3.63, 3.8) is 0 Å². The SMILES string of the molecule is CCCNC(CCOC)Cc1csc2ccccc12. The van der Waals surface area contributed by atoms with Gasteiger partial charge in [0, 0.05) is 24.5 Å². The number of ether oxygens (including phenoxy) is 1. The highest BCUT2D eigenvalue weighted by molar-refractivity contribution is 7.17. The number of rotatable bonds is 8. The molecule has 1 N–H and O–H groups in total. The molecule has 1 aromatic carbocycles. The van der Waals surface area contributed by atoms with Crippen LogP contribution in [0.15, 0.2) is 29.6 Å². The van der Waals surface area contributed by atoms with Gasteiger partial charge in [0.05, 0.1) is 0 Å². The molecule has 0 spiro atoms. The number of nitrogens with one attached hydrogen (secondary N) is 1. The molecule has 2 rings (SSSR count). The molecule has 1 unspecified atom stereocenters. The zero-order valence-electron chi connectivity index (χ0n) is 11.8. The van der Waals surface area contributed by atoms with Crippen molar-refractivity contribution in [1.29, 1.82) is 0 Å². The standard InChI is InChI=1S/C16H23NOS/c1-3-9-17-14(8-10-18-2)11-13-12-19-16-7-5-4-6-15(13)16/h4-7,12,14,17H,3,8-11H2,1-2H3. The van der Waals surface area contributed by atoms with Crippen molar-refractivity contribution in [2.45, 2.75) is 32.2 Å². The summed E-state index contributed by atoms with van der Waals surface area (Å²) < 4.78 is 6.61. The van der Waals surface area contributed by atoms with E-state index in [1.807, 2.05) is 11.3 Å². The summed E-state index contributed by atoms with van der Waals surface area (Å²) in [5, 5.41) is 7.35. The first-order valence-electron chi connectivity index (χ1n) is 7.02. The maximum Gasteiger partial charge on any atom is 0.0477 e. The molecule has 2 nitrogen and oxygen atoms in total. The molecule has 0 radical (unpaired) electrons. The van der Waals surface area contributed by atoms with Crippen LogP contribution in [-0.4, -0.2) is 26.3 Å². The van der Waals surface area contributed by atoms with Crippen LogP contribution in [0.5, 0.6) is 0 Å². The Morgan fingerprint density at radius 3 is 2.95 bits per heavy atom. The number of benzene rings is 1. The minimum Gasteiger partial charge on any atom is -0.385 e. The van der Waals surface area contributed by atoms with Crippen LogP contribution in [0.25, 0.3) is 10.1 Å². The summed E-state index contributed by atoms with van der Waals surface area (Å²) in [6.07, 6.45) is 3.34. The molecule has 3 heteroatoms. The minimum absolute atomic E-state index is 0.512. The van der Waals surface area contributed by atoms with Crippen LogP contribution in [0.1, 0.15) is 25.3 Å². The summed E-state index contributed by atoms with van der Waals surface area (Å²) >= 11 is 1.84. The molecule has 104 valence electrons. The van der Waals surface area contributed by atoms with Crippen molar-refractivity contribution < 1.29 is 4.74 Å². The van der Waals surface area contributed by atoms with Gasteiger partial charge in [0.15, 0.2) is 0 Å². The normalized spacial score (nSPS) is 12.9. The zero-order valence-corrected chi connectivity index (χ0v) is 12.6. The fraction of sp³-hybridized carbons (Fsp3) is 0.500. The van der Waals surface area contributed by atoms with E-state index in [1.165, 1.54) is 22.1 Å². The Morgan fingerprint density at radius 1 is 1.32 bits per heavy atom. The summed E-state index contributed by atoms with van der Waals surface area (Å²) in [5.41, 5.74) is 1.46. The predicted octanol–water partition coefficient (Wildman–Crippen LogP) is 3.85. The van der Waals surface area contributed by atoms with Crippen molar-refractivity contribution in [2.75, 3.05) is 20.3 Å². The van der Waals surface area contributed by atoms with Crippen LogP contribution in [0.4, 0.5) is 0 Å². The van der Waals surface area contributed by atoms with E-state index in [2.05, 4.69) is 41.9 Å². The average Bonchev–Trinajstić information content (AvgIpc) is 2.85. The predicted molar refractivity (Wildman–Crippen MR) is 84.1 cm³/mol. The van der Waals surface area contributed by atoms with Gasteiger partial charge < -0.3 is 10.1 Å². The first-order chi connectivity index (χ1) is 9.35.